The lowest BCUT2D eigenvalue weighted by atomic mass is 9.73. The van der Waals surface area contributed by atoms with Crippen LogP contribution < -0.4 is 5.32 Å². The lowest BCUT2D eigenvalue weighted by Crippen LogP contribution is -2.47. The van der Waals surface area contributed by atoms with Gasteiger partial charge < -0.3 is 10.2 Å². The molecule has 0 bridgehead atoms. The molecule has 1 unspecified atom stereocenters. The zero-order valence-electron chi connectivity index (χ0n) is 14.7. The van der Waals surface area contributed by atoms with Crippen molar-refractivity contribution < 1.29 is 0 Å². The Labute approximate surface area is 127 Å². The van der Waals surface area contributed by atoms with E-state index < -0.39 is 0 Å². The van der Waals surface area contributed by atoms with Crippen molar-refractivity contribution >= 4 is 0 Å². The van der Waals surface area contributed by atoms with Crippen LogP contribution in [0.3, 0.4) is 0 Å². The molecule has 20 heavy (non-hydrogen) atoms. The van der Waals surface area contributed by atoms with Gasteiger partial charge in [-0.2, -0.15) is 0 Å². The van der Waals surface area contributed by atoms with E-state index in [1.165, 1.54) is 58.0 Å². The highest BCUT2D eigenvalue weighted by molar-refractivity contribution is 4.88. The van der Waals surface area contributed by atoms with Crippen molar-refractivity contribution in [3.8, 4) is 0 Å². The van der Waals surface area contributed by atoms with Gasteiger partial charge >= 0.3 is 0 Å². The molecule has 0 heterocycles. The average Bonchev–Trinajstić information content (AvgIpc) is 2.39. The van der Waals surface area contributed by atoms with Gasteiger partial charge in [-0.25, -0.2) is 0 Å². The quantitative estimate of drug-likeness (QED) is 0.678. The molecule has 0 aromatic heterocycles. The van der Waals surface area contributed by atoms with Crippen LogP contribution in [0.15, 0.2) is 0 Å². The lowest BCUT2D eigenvalue weighted by Gasteiger charge is -2.42. The topological polar surface area (TPSA) is 15.3 Å². The van der Waals surface area contributed by atoms with Crippen LogP contribution in [0.2, 0.25) is 0 Å². The molecule has 2 nitrogen and oxygen atoms in total. The van der Waals surface area contributed by atoms with Crippen LogP contribution >= 0.6 is 0 Å². The Kier molecular flexibility index (Phi) is 8.13. The summed E-state index contributed by atoms with van der Waals surface area (Å²) in [4.78, 5) is 2.62. The van der Waals surface area contributed by atoms with Crippen molar-refractivity contribution in [2.24, 2.45) is 11.3 Å². The largest absolute Gasteiger partial charge is 0.316 e. The van der Waals surface area contributed by atoms with Gasteiger partial charge in [0.25, 0.3) is 0 Å². The van der Waals surface area contributed by atoms with Gasteiger partial charge in [0.1, 0.15) is 0 Å². The van der Waals surface area contributed by atoms with E-state index in [-0.39, 0.29) is 0 Å². The zero-order chi connectivity index (χ0) is 15.0. The lowest BCUT2D eigenvalue weighted by molar-refractivity contribution is 0.0936. The highest BCUT2D eigenvalue weighted by Gasteiger charge is 2.33. The predicted octanol–water partition coefficient (Wildman–Crippen LogP) is 4.30. The first kappa shape index (κ1) is 18.0. The summed E-state index contributed by atoms with van der Waals surface area (Å²) in [6.07, 6.45) is 9.76. The van der Waals surface area contributed by atoms with Crippen molar-refractivity contribution in [2.45, 2.75) is 78.7 Å². The second-order valence-corrected chi connectivity index (χ2v) is 7.64. The summed E-state index contributed by atoms with van der Waals surface area (Å²) >= 11 is 0. The third-order valence-corrected chi connectivity index (χ3v) is 5.01. The van der Waals surface area contributed by atoms with Crippen molar-refractivity contribution in [2.75, 3.05) is 26.7 Å². The van der Waals surface area contributed by atoms with Gasteiger partial charge in [0.15, 0.2) is 0 Å². The summed E-state index contributed by atoms with van der Waals surface area (Å²) < 4.78 is 0. The van der Waals surface area contributed by atoms with Gasteiger partial charge in [-0.3, -0.25) is 0 Å². The first-order valence-corrected chi connectivity index (χ1v) is 8.90. The molecule has 0 radical (unpaired) electrons. The smallest absolute Gasteiger partial charge is 0.00640 e. The highest BCUT2D eigenvalue weighted by Crippen LogP contribution is 2.37. The summed E-state index contributed by atoms with van der Waals surface area (Å²) in [5.74, 6) is 0.757. The molecule has 1 aliphatic carbocycles. The molecule has 1 N–H and O–H groups in total. The third kappa shape index (κ3) is 6.13. The van der Waals surface area contributed by atoms with E-state index in [0.29, 0.717) is 5.41 Å². The second-order valence-electron chi connectivity index (χ2n) is 7.64. The van der Waals surface area contributed by atoms with Gasteiger partial charge in [0.2, 0.25) is 0 Å². The standard InChI is InChI=1S/C18H38N2/c1-6-10-17(4)20(5)15-18(11-8-7-9-12-18)14-19-13-16(2)3/h16-17,19H,6-15H2,1-5H3. The van der Waals surface area contributed by atoms with Gasteiger partial charge in [0, 0.05) is 19.1 Å². The van der Waals surface area contributed by atoms with Crippen LogP contribution in [0, 0.1) is 11.3 Å². The van der Waals surface area contributed by atoms with E-state index in [2.05, 4.69) is 45.0 Å². The Balaban J connectivity index is 2.53. The van der Waals surface area contributed by atoms with Crippen LogP contribution in [0.5, 0.6) is 0 Å². The van der Waals surface area contributed by atoms with E-state index in [1.54, 1.807) is 0 Å². The summed E-state index contributed by atoms with van der Waals surface area (Å²) in [6.45, 7) is 12.9. The molecule has 0 aromatic carbocycles. The summed E-state index contributed by atoms with van der Waals surface area (Å²) in [5.41, 5.74) is 0.532. The van der Waals surface area contributed by atoms with Crippen LogP contribution in [-0.4, -0.2) is 37.6 Å². The second kappa shape index (κ2) is 9.04. The van der Waals surface area contributed by atoms with Crippen LogP contribution in [0.25, 0.3) is 0 Å². The van der Waals surface area contributed by atoms with E-state index in [1.807, 2.05) is 0 Å². The van der Waals surface area contributed by atoms with Crippen molar-refractivity contribution in [1.82, 2.24) is 10.2 Å². The number of hydrogen-bond acceptors (Lipinski definition) is 2. The minimum atomic E-state index is 0.532. The molecule has 1 saturated carbocycles. The molecule has 0 saturated heterocycles. The van der Waals surface area contributed by atoms with Crippen molar-refractivity contribution in [1.29, 1.82) is 0 Å². The fourth-order valence-corrected chi connectivity index (χ4v) is 3.64. The van der Waals surface area contributed by atoms with Crippen molar-refractivity contribution in [3.05, 3.63) is 0 Å². The molecule has 0 amide bonds. The first-order chi connectivity index (χ1) is 9.49. The Morgan fingerprint density at radius 2 is 1.75 bits per heavy atom. The van der Waals surface area contributed by atoms with E-state index >= 15 is 0 Å². The maximum atomic E-state index is 3.75. The fourth-order valence-electron chi connectivity index (χ4n) is 3.64. The molecular formula is C18H38N2. The Morgan fingerprint density at radius 1 is 1.10 bits per heavy atom. The Bertz CT molecular complexity index is 244. The zero-order valence-corrected chi connectivity index (χ0v) is 14.7. The Morgan fingerprint density at radius 3 is 2.30 bits per heavy atom. The maximum Gasteiger partial charge on any atom is 0.00640 e. The van der Waals surface area contributed by atoms with Crippen molar-refractivity contribution in [3.63, 3.8) is 0 Å². The molecule has 1 aliphatic rings. The van der Waals surface area contributed by atoms with E-state index in [0.717, 1.165) is 18.5 Å². The summed E-state index contributed by atoms with van der Waals surface area (Å²) in [5, 5.41) is 3.75. The number of nitrogens with zero attached hydrogens (tertiary/aromatic N) is 1. The maximum absolute atomic E-state index is 3.75. The SMILES string of the molecule is CCCC(C)N(C)CC1(CNCC(C)C)CCCCC1. The van der Waals surface area contributed by atoms with Gasteiger partial charge in [-0.15, -0.1) is 0 Å². The minimum Gasteiger partial charge on any atom is -0.316 e. The molecule has 120 valence electrons. The van der Waals surface area contributed by atoms with Crippen LogP contribution in [-0.2, 0) is 0 Å². The molecule has 1 atom stereocenters. The highest BCUT2D eigenvalue weighted by atomic mass is 15.1. The molecule has 1 fully saturated rings. The third-order valence-electron chi connectivity index (χ3n) is 5.01. The molecule has 0 aliphatic heterocycles. The molecule has 0 spiro atoms. The summed E-state index contributed by atoms with van der Waals surface area (Å²) in [7, 11) is 2.33. The molecule has 0 aromatic rings. The normalized spacial score (nSPS) is 20.6. The van der Waals surface area contributed by atoms with Crippen LogP contribution in [0.1, 0.15) is 72.6 Å². The molecule has 2 heteroatoms. The van der Waals surface area contributed by atoms with Gasteiger partial charge in [-0.05, 0) is 51.1 Å². The number of nitrogens with one attached hydrogen (secondary N) is 1. The monoisotopic (exact) mass is 282 g/mol. The van der Waals surface area contributed by atoms with Crippen LogP contribution in [0.4, 0.5) is 0 Å². The van der Waals surface area contributed by atoms with Gasteiger partial charge in [0.05, 0.1) is 0 Å². The summed E-state index contributed by atoms with van der Waals surface area (Å²) in [6, 6.07) is 0.726. The molecule has 1 rings (SSSR count). The van der Waals surface area contributed by atoms with Gasteiger partial charge in [-0.1, -0.05) is 46.5 Å². The predicted molar refractivity (Wildman–Crippen MR) is 90.2 cm³/mol. The first-order valence-electron chi connectivity index (χ1n) is 8.90. The number of rotatable bonds is 9. The molecular weight excluding hydrogens is 244 g/mol. The van der Waals surface area contributed by atoms with E-state index in [9.17, 15) is 0 Å². The minimum absolute atomic E-state index is 0.532. The Hall–Kier alpha value is -0.0800. The number of hydrogen-bond donors (Lipinski definition) is 1. The van der Waals surface area contributed by atoms with E-state index in [4.69, 9.17) is 0 Å². The fraction of sp³-hybridized carbons (Fsp3) is 1.00. The average molecular weight is 283 g/mol.